The first kappa shape index (κ1) is 53.2. The van der Waals surface area contributed by atoms with Crippen molar-refractivity contribution in [3.05, 3.63) is 103 Å². The van der Waals surface area contributed by atoms with Crippen LogP contribution in [0.15, 0.2) is 118 Å². The molecule has 8 heteroatoms. The third-order valence-corrected chi connectivity index (χ3v) is 5.49. The van der Waals surface area contributed by atoms with Gasteiger partial charge in [-0.15, -0.1) is 24.4 Å². The predicted molar refractivity (Wildman–Crippen MR) is 213 cm³/mol. The number of thiocyanates is 1. The largest absolute Gasteiger partial charge is 0.399 e. The molecular formula is C36H61N5S3. The summed E-state index contributed by atoms with van der Waals surface area (Å²) >= 11 is 6.93. The number of hydrogen-bond acceptors (Lipinski definition) is 8. The first-order chi connectivity index (χ1) is 20.3. The number of benzene rings is 4. The number of rotatable bonds is 2. The Bertz CT molecular complexity index is 1080. The summed E-state index contributed by atoms with van der Waals surface area (Å²) in [6.45, 7) is 16.0. The van der Waals surface area contributed by atoms with Crippen molar-refractivity contribution in [2.24, 2.45) is 0 Å². The maximum atomic E-state index is 8.27. The van der Waals surface area contributed by atoms with Crippen LogP contribution < -0.4 is 22.9 Å². The Balaban J connectivity index is -0.000000101. The molecule has 4 aromatic carbocycles. The molecule has 248 valence electrons. The maximum absolute atomic E-state index is 8.27. The van der Waals surface area contributed by atoms with Gasteiger partial charge in [0.1, 0.15) is 5.40 Å². The van der Waals surface area contributed by atoms with E-state index in [1.54, 1.807) is 23.9 Å². The Kier molecular flexibility index (Phi) is 50.5. The Morgan fingerprint density at radius 1 is 0.500 bits per heavy atom. The second kappa shape index (κ2) is 41.8. The molecule has 4 rings (SSSR count). The van der Waals surface area contributed by atoms with Gasteiger partial charge in [-0.2, -0.15) is 5.26 Å². The van der Waals surface area contributed by atoms with Gasteiger partial charge in [0, 0.05) is 37.4 Å². The molecule has 4 aromatic rings. The molecule has 0 spiro atoms. The summed E-state index contributed by atoms with van der Waals surface area (Å²) in [7, 11) is 0. The second-order valence-electron chi connectivity index (χ2n) is 6.54. The number of nitrogens with zero attached hydrogens (tertiary/aromatic N) is 1. The van der Waals surface area contributed by atoms with E-state index in [9.17, 15) is 0 Å². The van der Waals surface area contributed by atoms with Crippen molar-refractivity contribution in [3.63, 3.8) is 0 Å². The molecule has 0 unspecified atom stereocenters. The third kappa shape index (κ3) is 34.8. The first-order valence-electron chi connectivity index (χ1n) is 14.0. The molecule has 0 saturated carbocycles. The number of thiol groups is 1. The van der Waals surface area contributed by atoms with Crippen molar-refractivity contribution in [2.45, 2.75) is 84.9 Å². The summed E-state index contributed by atoms with van der Waals surface area (Å²) in [5.41, 5.74) is 24.8. The van der Waals surface area contributed by atoms with Crippen molar-refractivity contribution in [2.75, 3.05) is 29.2 Å². The summed E-state index contributed by atoms with van der Waals surface area (Å²) < 4.78 is 0. The zero-order valence-corrected chi connectivity index (χ0v) is 29.4. The van der Waals surface area contributed by atoms with E-state index in [-0.39, 0.29) is 14.9 Å². The highest BCUT2D eigenvalue weighted by molar-refractivity contribution is 8.03. The van der Waals surface area contributed by atoms with E-state index in [1.165, 1.54) is 4.90 Å². The van der Waals surface area contributed by atoms with Gasteiger partial charge in [-0.05, 0) is 103 Å². The van der Waals surface area contributed by atoms with Gasteiger partial charge >= 0.3 is 0 Å². The molecule has 0 heterocycles. The maximum Gasteiger partial charge on any atom is 0.138 e. The van der Waals surface area contributed by atoms with E-state index in [2.05, 4.69) is 12.6 Å². The fourth-order valence-electron chi connectivity index (χ4n) is 2.12. The molecule has 0 saturated heterocycles. The van der Waals surface area contributed by atoms with Gasteiger partial charge in [0.25, 0.3) is 0 Å². The molecule has 0 aliphatic carbocycles. The molecule has 0 radical (unpaired) electrons. The van der Waals surface area contributed by atoms with Crippen molar-refractivity contribution in [1.29, 1.82) is 5.26 Å². The Morgan fingerprint density at radius 3 is 1.05 bits per heavy atom. The van der Waals surface area contributed by atoms with E-state index < -0.39 is 0 Å². The molecular weight excluding hydrogens is 599 g/mol. The zero-order chi connectivity index (χ0) is 33.2. The van der Waals surface area contributed by atoms with Gasteiger partial charge in [0.05, 0.1) is 0 Å². The highest BCUT2D eigenvalue weighted by Gasteiger charge is 1.89. The number of nitrogen functional groups attached to an aromatic ring is 4. The molecule has 0 amide bonds. The lowest BCUT2D eigenvalue weighted by atomic mass is 10.3. The average molecular weight is 660 g/mol. The molecule has 0 aromatic heterocycles. The van der Waals surface area contributed by atoms with Crippen LogP contribution in [0, 0.1) is 10.7 Å². The molecule has 0 fully saturated rings. The monoisotopic (exact) mass is 659 g/mol. The van der Waals surface area contributed by atoms with Gasteiger partial charge in [0.15, 0.2) is 0 Å². The number of nitriles is 1. The van der Waals surface area contributed by atoms with Crippen molar-refractivity contribution >= 4 is 58.9 Å². The summed E-state index contributed by atoms with van der Waals surface area (Å²) in [5, 5.41) is 10.2. The van der Waals surface area contributed by atoms with Crippen LogP contribution in [0.25, 0.3) is 0 Å². The zero-order valence-electron chi connectivity index (χ0n) is 26.8. The predicted octanol–water partition coefficient (Wildman–Crippen LogP) is 12.0. The fraction of sp³-hybridized carbons (Fsp3) is 0.306. The van der Waals surface area contributed by atoms with Crippen LogP contribution in [0.3, 0.4) is 0 Å². The molecule has 0 bridgehead atoms. The highest BCUT2D eigenvalue weighted by Crippen LogP contribution is 2.17. The van der Waals surface area contributed by atoms with Crippen molar-refractivity contribution in [3.8, 4) is 5.40 Å². The molecule has 0 aliphatic rings. The van der Waals surface area contributed by atoms with Gasteiger partial charge in [-0.25, -0.2) is 0 Å². The number of nitrogens with two attached hydrogens (primary N) is 4. The van der Waals surface area contributed by atoms with Gasteiger partial charge in [0.2, 0.25) is 0 Å². The lowest BCUT2D eigenvalue weighted by Gasteiger charge is -1.94. The smallest absolute Gasteiger partial charge is 0.138 e. The van der Waals surface area contributed by atoms with E-state index in [1.807, 2.05) is 158 Å². The van der Waals surface area contributed by atoms with Gasteiger partial charge < -0.3 is 22.9 Å². The summed E-state index contributed by atoms with van der Waals surface area (Å²) in [4.78, 5) is 3.13. The van der Waals surface area contributed by atoms with Gasteiger partial charge in [-0.1, -0.05) is 88.4 Å². The fourth-order valence-corrected chi connectivity index (χ4v) is 3.05. The van der Waals surface area contributed by atoms with E-state index in [0.29, 0.717) is 0 Å². The molecule has 5 nitrogen and oxygen atoms in total. The normalized spacial score (nSPS) is 7.48. The van der Waals surface area contributed by atoms with Crippen LogP contribution in [-0.2, 0) is 0 Å². The minimum atomic E-state index is 0. The lowest BCUT2D eigenvalue weighted by molar-refractivity contribution is 1.47. The first-order valence-corrected chi connectivity index (χ1v) is 16.5. The minimum Gasteiger partial charge on any atom is -0.399 e. The molecule has 0 atom stereocenters. The van der Waals surface area contributed by atoms with E-state index >= 15 is 0 Å². The molecule has 0 aliphatic heterocycles. The number of anilines is 4. The number of para-hydroxylation sites is 1. The van der Waals surface area contributed by atoms with Crippen LogP contribution in [0.4, 0.5) is 22.7 Å². The number of thioether (sulfide) groups is 2. The summed E-state index contributed by atoms with van der Waals surface area (Å²) in [6, 6.07) is 31.9. The van der Waals surface area contributed by atoms with Gasteiger partial charge in [-0.3, -0.25) is 0 Å². The molecule has 44 heavy (non-hydrogen) atoms. The quantitative estimate of drug-likeness (QED) is 0.0626. The topological polar surface area (TPSA) is 128 Å². The molecule has 8 N–H and O–H groups in total. The Morgan fingerprint density at radius 2 is 0.795 bits per heavy atom. The van der Waals surface area contributed by atoms with E-state index in [4.69, 9.17) is 28.2 Å². The number of hydrogen-bond donors (Lipinski definition) is 5. The van der Waals surface area contributed by atoms with Crippen molar-refractivity contribution in [1.82, 2.24) is 0 Å². The Labute approximate surface area is 285 Å². The van der Waals surface area contributed by atoms with E-state index in [0.717, 1.165) is 44.3 Å². The SMILES string of the molecule is C.C.CC.CC.CC.CC.CSc1ccc(N)cc1.N#CSc1ccc(N)cc1.Nc1ccc(S)cc1.Nc1ccccc1. The lowest BCUT2D eigenvalue weighted by Crippen LogP contribution is -1.81. The van der Waals surface area contributed by atoms with Crippen LogP contribution in [0.2, 0.25) is 0 Å². The summed E-state index contributed by atoms with van der Waals surface area (Å²) in [5.74, 6) is 0. The van der Waals surface area contributed by atoms with Crippen LogP contribution in [0.5, 0.6) is 0 Å². The standard InChI is InChI=1S/C7H6N2S.C7H9NS.C6H7NS.C6H7N.4C2H6.2CH4/c8-5-10-7-3-1-6(9)2-4-7;1-9-7-4-2-6(8)3-5-7;7-5-1-3-6(8)4-2-5;7-6-4-2-1-3-5-6;4*1-2;;/h1-4H,9H2;2-5H,8H2,1H3;1-4,8H,7H2;1-5H,7H2;4*1-2H3;2*1H4. The van der Waals surface area contributed by atoms with Crippen LogP contribution >= 0.6 is 36.2 Å². The minimum absolute atomic E-state index is 0. The highest BCUT2D eigenvalue weighted by atomic mass is 32.2. The second-order valence-corrected chi connectivity index (χ2v) is 8.79. The van der Waals surface area contributed by atoms with Crippen LogP contribution in [-0.4, -0.2) is 6.26 Å². The summed E-state index contributed by atoms with van der Waals surface area (Å²) in [6.07, 6.45) is 2.05. The van der Waals surface area contributed by atoms with Crippen molar-refractivity contribution < 1.29 is 0 Å². The van der Waals surface area contributed by atoms with Crippen LogP contribution in [0.1, 0.15) is 70.2 Å². The average Bonchev–Trinajstić information content (AvgIpc) is 3.05. The Hall–Kier alpha value is -3.38. The third-order valence-electron chi connectivity index (χ3n) is 3.85.